The third-order valence-corrected chi connectivity index (χ3v) is 3.73. The summed E-state index contributed by atoms with van der Waals surface area (Å²) in [5.74, 6) is 0. The number of nitriles is 1. The lowest BCUT2D eigenvalue weighted by Gasteiger charge is -2.21. The van der Waals surface area contributed by atoms with Crippen molar-refractivity contribution in [3.63, 3.8) is 0 Å². The van der Waals surface area contributed by atoms with Gasteiger partial charge in [0.05, 0.1) is 6.07 Å². The van der Waals surface area contributed by atoms with Crippen molar-refractivity contribution in [2.24, 2.45) is 0 Å². The molecule has 0 unspecified atom stereocenters. The van der Waals surface area contributed by atoms with Crippen molar-refractivity contribution in [2.75, 3.05) is 19.6 Å². The highest BCUT2D eigenvalue weighted by Gasteiger charge is 2.06. The minimum absolute atomic E-state index is 0.701. The molecule has 0 aromatic heterocycles. The topological polar surface area (TPSA) is 27.0 Å². The molecule has 0 aliphatic carbocycles. The smallest absolute Gasteiger partial charge is 0.0954 e. The zero-order valence-corrected chi connectivity index (χ0v) is 13.8. The van der Waals surface area contributed by atoms with Gasteiger partial charge in [0, 0.05) is 12.1 Å². The Hall–Kier alpha value is -0.810. The van der Waals surface area contributed by atoms with Crippen molar-refractivity contribution in [1.29, 1.82) is 5.26 Å². The first-order chi connectivity index (χ1) is 9.74. The standard InChI is InChI=1S/C18H34N2/c1-4-6-8-10-12-14-20(17-18(3)16-19)15-13-11-9-7-5-2/h3-15,17H2,1-2H3. The van der Waals surface area contributed by atoms with Crippen LogP contribution in [0.15, 0.2) is 12.2 Å². The normalized spacial score (nSPS) is 10.7. The molecule has 0 N–H and O–H groups in total. The van der Waals surface area contributed by atoms with Gasteiger partial charge in [0.1, 0.15) is 0 Å². The van der Waals surface area contributed by atoms with E-state index in [9.17, 15) is 0 Å². The summed E-state index contributed by atoms with van der Waals surface area (Å²) in [5, 5.41) is 8.89. The van der Waals surface area contributed by atoms with Gasteiger partial charge in [-0.1, -0.05) is 71.8 Å². The van der Waals surface area contributed by atoms with E-state index in [0.29, 0.717) is 5.57 Å². The maximum atomic E-state index is 8.89. The molecule has 0 radical (unpaired) electrons. The van der Waals surface area contributed by atoms with Crippen LogP contribution in [0.1, 0.15) is 78.1 Å². The van der Waals surface area contributed by atoms with E-state index in [-0.39, 0.29) is 0 Å². The molecule has 0 saturated carbocycles. The molecule has 0 aromatic rings. The fraction of sp³-hybridized carbons (Fsp3) is 0.833. The molecular weight excluding hydrogens is 244 g/mol. The van der Waals surface area contributed by atoms with Crippen molar-refractivity contribution in [1.82, 2.24) is 4.90 Å². The van der Waals surface area contributed by atoms with E-state index < -0.39 is 0 Å². The Labute approximate surface area is 126 Å². The number of nitrogens with zero attached hydrogens (tertiary/aromatic N) is 2. The van der Waals surface area contributed by atoms with E-state index in [2.05, 4.69) is 31.4 Å². The summed E-state index contributed by atoms with van der Waals surface area (Å²) >= 11 is 0. The molecule has 0 rings (SSSR count). The van der Waals surface area contributed by atoms with Crippen LogP contribution in [0.4, 0.5) is 0 Å². The molecule has 0 amide bonds. The van der Waals surface area contributed by atoms with Crippen molar-refractivity contribution < 1.29 is 0 Å². The van der Waals surface area contributed by atoms with Crippen molar-refractivity contribution >= 4 is 0 Å². The van der Waals surface area contributed by atoms with Crippen LogP contribution in [0, 0.1) is 11.3 Å². The number of hydrogen-bond acceptors (Lipinski definition) is 2. The van der Waals surface area contributed by atoms with Crippen LogP contribution in [0.25, 0.3) is 0 Å². The van der Waals surface area contributed by atoms with Crippen LogP contribution in [0.3, 0.4) is 0 Å². The average molecular weight is 278 g/mol. The Morgan fingerprint density at radius 2 is 1.30 bits per heavy atom. The summed E-state index contributed by atoms with van der Waals surface area (Å²) in [4.78, 5) is 2.42. The predicted molar refractivity (Wildman–Crippen MR) is 88.7 cm³/mol. The van der Waals surface area contributed by atoms with E-state index in [4.69, 9.17) is 5.26 Å². The first-order valence-corrected chi connectivity index (χ1v) is 8.54. The van der Waals surface area contributed by atoms with Crippen LogP contribution < -0.4 is 0 Å². The number of unbranched alkanes of at least 4 members (excludes halogenated alkanes) is 8. The van der Waals surface area contributed by atoms with Gasteiger partial charge in [-0.25, -0.2) is 0 Å². The number of hydrogen-bond donors (Lipinski definition) is 0. The van der Waals surface area contributed by atoms with Crippen molar-refractivity contribution in [2.45, 2.75) is 78.1 Å². The van der Waals surface area contributed by atoms with Crippen LogP contribution in [-0.2, 0) is 0 Å². The largest absolute Gasteiger partial charge is 0.298 e. The molecule has 0 bridgehead atoms. The van der Waals surface area contributed by atoms with Gasteiger partial charge in [0.2, 0.25) is 0 Å². The highest BCUT2D eigenvalue weighted by Crippen LogP contribution is 2.08. The summed E-state index contributed by atoms with van der Waals surface area (Å²) in [6, 6.07) is 2.18. The Kier molecular flexibility index (Phi) is 14.0. The SMILES string of the molecule is C=C(C#N)CN(CCCCCCC)CCCCCCC. The highest BCUT2D eigenvalue weighted by atomic mass is 15.1. The monoisotopic (exact) mass is 278 g/mol. The number of rotatable bonds is 14. The lowest BCUT2D eigenvalue weighted by Crippen LogP contribution is -2.28. The van der Waals surface area contributed by atoms with Gasteiger partial charge < -0.3 is 0 Å². The van der Waals surface area contributed by atoms with Gasteiger partial charge in [0.15, 0.2) is 0 Å². The van der Waals surface area contributed by atoms with Crippen LogP contribution >= 0.6 is 0 Å². The van der Waals surface area contributed by atoms with E-state index >= 15 is 0 Å². The first-order valence-electron chi connectivity index (χ1n) is 8.54. The maximum Gasteiger partial charge on any atom is 0.0954 e. The van der Waals surface area contributed by atoms with E-state index in [1.54, 1.807) is 0 Å². The lowest BCUT2D eigenvalue weighted by atomic mass is 10.1. The molecule has 0 heterocycles. The molecule has 0 aliphatic rings. The van der Waals surface area contributed by atoms with E-state index in [0.717, 1.165) is 19.6 Å². The van der Waals surface area contributed by atoms with Gasteiger partial charge in [-0.05, 0) is 25.9 Å². The minimum atomic E-state index is 0.701. The van der Waals surface area contributed by atoms with E-state index in [1.807, 2.05) is 0 Å². The summed E-state index contributed by atoms with van der Waals surface area (Å²) in [7, 11) is 0. The maximum absolute atomic E-state index is 8.89. The fourth-order valence-electron chi connectivity index (χ4n) is 2.45. The Bertz CT molecular complexity index is 251. The fourth-order valence-corrected chi connectivity index (χ4v) is 2.45. The first kappa shape index (κ1) is 19.2. The lowest BCUT2D eigenvalue weighted by molar-refractivity contribution is 0.283. The van der Waals surface area contributed by atoms with Gasteiger partial charge in [-0.15, -0.1) is 0 Å². The molecule has 0 aliphatic heterocycles. The second-order valence-electron chi connectivity index (χ2n) is 5.82. The Morgan fingerprint density at radius 1 is 0.850 bits per heavy atom. The molecule has 2 nitrogen and oxygen atoms in total. The molecule has 2 heteroatoms. The second kappa shape index (κ2) is 14.6. The average Bonchev–Trinajstić information content (AvgIpc) is 2.46. The summed E-state index contributed by atoms with van der Waals surface area (Å²) in [5.41, 5.74) is 0.701. The highest BCUT2D eigenvalue weighted by molar-refractivity contribution is 5.17. The van der Waals surface area contributed by atoms with Gasteiger partial charge in [0.25, 0.3) is 0 Å². The molecule has 0 spiro atoms. The molecular formula is C18H34N2. The van der Waals surface area contributed by atoms with Crippen LogP contribution in [0.5, 0.6) is 0 Å². The quantitative estimate of drug-likeness (QED) is 0.318. The van der Waals surface area contributed by atoms with E-state index in [1.165, 1.54) is 64.2 Å². The van der Waals surface area contributed by atoms with Gasteiger partial charge >= 0.3 is 0 Å². The molecule has 116 valence electrons. The third-order valence-electron chi connectivity index (χ3n) is 3.73. The van der Waals surface area contributed by atoms with Crippen molar-refractivity contribution in [3.8, 4) is 6.07 Å². The molecule has 20 heavy (non-hydrogen) atoms. The Balaban J connectivity index is 3.83. The third kappa shape index (κ3) is 12.2. The molecule has 0 fully saturated rings. The second-order valence-corrected chi connectivity index (χ2v) is 5.82. The summed E-state index contributed by atoms with van der Waals surface area (Å²) < 4.78 is 0. The summed E-state index contributed by atoms with van der Waals surface area (Å²) in [6.07, 6.45) is 13.1. The predicted octanol–water partition coefficient (Wildman–Crippen LogP) is 5.31. The van der Waals surface area contributed by atoms with Gasteiger partial charge in [-0.3, -0.25) is 4.90 Å². The van der Waals surface area contributed by atoms with Crippen molar-refractivity contribution in [3.05, 3.63) is 12.2 Å². The zero-order valence-electron chi connectivity index (χ0n) is 13.8. The van der Waals surface area contributed by atoms with Gasteiger partial charge in [-0.2, -0.15) is 5.26 Å². The summed E-state index contributed by atoms with van der Waals surface area (Å²) in [6.45, 7) is 11.3. The molecule has 0 aromatic carbocycles. The zero-order chi connectivity index (χ0) is 15.1. The minimum Gasteiger partial charge on any atom is -0.298 e. The van der Waals surface area contributed by atoms with Crippen LogP contribution in [0.2, 0.25) is 0 Å². The Morgan fingerprint density at radius 3 is 1.70 bits per heavy atom. The molecule has 0 atom stereocenters. The molecule has 0 saturated heterocycles. The van der Waals surface area contributed by atoms with Crippen LogP contribution in [-0.4, -0.2) is 24.5 Å².